The standard InChI is InChI=1S/C21H14F2N4O2/c22-15-5-3-6-16(23)19(15)21(28)25-17-7-2-1-4-14(17)12-18-26-20(27-29-18)13-8-10-24-11-9-13/h1-11H,12H2,(H,25,28). The Morgan fingerprint density at radius 2 is 1.69 bits per heavy atom. The van der Waals surface area contributed by atoms with E-state index >= 15 is 0 Å². The van der Waals surface area contributed by atoms with Crippen LogP contribution in [0.1, 0.15) is 21.8 Å². The molecule has 0 fully saturated rings. The molecule has 0 spiro atoms. The molecule has 29 heavy (non-hydrogen) atoms. The first kappa shape index (κ1) is 18.4. The number of benzene rings is 2. The van der Waals surface area contributed by atoms with Gasteiger partial charge >= 0.3 is 0 Å². The molecule has 2 aromatic carbocycles. The van der Waals surface area contributed by atoms with E-state index in [2.05, 4.69) is 20.4 Å². The first-order valence-corrected chi connectivity index (χ1v) is 8.68. The zero-order valence-electron chi connectivity index (χ0n) is 15.0. The third kappa shape index (κ3) is 4.01. The number of carbonyl (C=O) groups is 1. The van der Waals surface area contributed by atoms with Crippen molar-refractivity contribution in [2.45, 2.75) is 6.42 Å². The lowest BCUT2D eigenvalue weighted by molar-refractivity contribution is 0.101. The van der Waals surface area contributed by atoms with Crippen LogP contribution in [0.5, 0.6) is 0 Å². The highest BCUT2D eigenvalue weighted by Crippen LogP contribution is 2.22. The fourth-order valence-electron chi connectivity index (χ4n) is 2.80. The minimum absolute atomic E-state index is 0.230. The maximum absolute atomic E-state index is 13.9. The largest absolute Gasteiger partial charge is 0.339 e. The Morgan fingerprint density at radius 3 is 2.45 bits per heavy atom. The van der Waals surface area contributed by atoms with Gasteiger partial charge in [-0.1, -0.05) is 29.4 Å². The average molecular weight is 392 g/mol. The Bertz CT molecular complexity index is 1140. The number of amides is 1. The number of pyridine rings is 1. The van der Waals surface area contributed by atoms with Crippen LogP contribution in [0.3, 0.4) is 0 Å². The molecule has 2 heterocycles. The van der Waals surface area contributed by atoms with E-state index in [4.69, 9.17) is 4.52 Å². The van der Waals surface area contributed by atoms with Crippen molar-refractivity contribution < 1.29 is 18.1 Å². The maximum Gasteiger partial charge on any atom is 0.261 e. The van der Waals surface area contributed by atoms with Gasteiger partial charge in [0.2, 0.25) is 11.7 Å². The average Bonchev–Trinajstić information content (AvgIpc) is 3.19. The second kappa shape index (κ2) is 7.97. The van der Waals surface area contributed by atoms with Crippen molar-refractivity contribution in [3.8, 4) is 11.4 Å². The lowest BCUT2D eigenvalue weighted by Crippen LogP contribution is -2.17. The molecule has 1 N–H and O–H groups in total. The van der Waals surface area contributed by atoms with E-state index in [1.54, 1.807) is 48.8 Å². The summed E-state index contributed by atoms with van der Waals surface area (Å²) in [7, 11) is 0. The van der Waals surface area contributed by atoms with Crippen molar-refractivity contribution in [3.63, 3.8) is 0 Å². The first-order valence-electron chi connectivity index (χ1n) is 8.68. The SMILES string of the molecule is O=C(Nc1ccccc1Cc1nc(-c2ccncc2)no1)c1c(F)cccc1F. The Hall–Kier alpha value is -3.94. The topological polar surface area (TPSA) is 80.9 Å². The van der Waals surface area contributed by atoms with Gasteiger partial charge in [-0.25, -0.2) is 8.78 Å². The van der Waals surface area contributed by atoms with Crippen molar-refractivity contribution in [2.24, 2.45) is 0 Å². The van der Waals surface area contributed by atoms with E-state index < -0.39 is 23.1 Å². The van der Waals surface area contributed by atoms with Crippen molar-refractivity contribution in [1.29, 1.82) is 0 Å². The van der Waals surface area contributed by atoms with Crippen LogP contribution in [0.4, 0.5) is 14.5 Å². The molecular weight excluding hydrogens is 378 g/mol. The molecule has 0 unspecified atom stereocenters. The number of nitrogens with zero attached hydrogens (tertiary/aromatic N) is 3. The predicted octanol–water partition coefficient (Wildman–Crippen LogP) is 4.25. The van der Waals surface area contributed by atoms with Gasteiger partial charge in [0, 0.05) is 23.6 Å². The molecule has 0 aliphatic heterocycles. The van der Waals surface area contributed by atoms with Gasteiger partial charge in [-0.15, -0.1) is 0 Å². The molecular formula is C21H14F2N4O2. The van der Waals surface area contributed by atoms with E-state index in [9.17, 15) is 13.6 Å². The van der Waals surface area contributed by atoms with Crippen LogP contribution in [0.25, 0.3) is 11.4 Å². The van der Waals surface area contributed by atoms with E-state index in [0.29, 0.717) is 23.0 Å². The van der Waals surface area contributed by atoms with Gasteiger partial charge in [-0.05, 0) is 35.9 Å². The van der Waals surface area contributed by atoms with Gasteiger partial charge in [0.15, 0.2) is 0 Å². The van der Waals surface area contributed by atoms with Gasteiger partial charge < -0.3 is 9.84 Å². The lowest BCUT2D eigenvalue weighted by Gasteiger charge is -2.10. The monoisotopic (exact) mass is 392 g/mol. The summed E-state index contributed by atoms with van der Waals surface area (Å²) in [6.07, 6.45) is 3.48. The smallest absolute Gasteiger partial charge is 0.261 e. The third-order valence-electron chi connectivity index (χ3n) is 4.20. The summed E-state index contributed by atoms with van der Waals surface area (Å²) in [6, 6.07) is 13.6. The Morgan fingerprint density at radius 1 is 0.966 bits per heavy atom. The molecule has 0 saturated heterocycles. The maximum atomic E-state index is 13.9. The molecule has 4 aromatic rings. The molecule has 4 rings (SSSR count). The highest BCUT2D eigenvalue weighted by molar-refractivity contribution is 6.05. The number of nitrogens with one attached hydrogen (secondary N) is 1. The number of rotatable bonds is 5. The normalized spacial score (nSPS) is 10.7. The summed E-state index contributed by atoms with van der Waals surface area (Å²) in [4.78, 5) is 20.7. The Labute approximate surface area is 164 Å². The summed E-state index contributed by atoms with van der Waals surface area (Å²) >= 11 is 0. The van der Waals surface area contributed by atoms with Crippen molar-refractivity contribution in [1.82, 2.24) is 15.1 Å². The van der Waals surface area contributed by atoms with Crippen molar-refractivity contribution in [3.05, 3.63) is 95.6 Å². The molecule has 2 aromatic heterocycles. The molecule has 0 atom stereocenters. The van der Waals surface area contributed by atoms with Gasteiger partial charge in [0.1, 0.15) is 17.2 Å². The quantitative estimate of drug-likeness (QED) is 0.549. The first-order chi connectivity index (χ1) is 14.1. The van der Waals surface area contributed by atoms with Gasteiger partial charge in [-0.2, -0.15) is 4.98 Å². The van der Waals surface area contributed by atoms with E-state index in [0.717, 1.165) is 17.7 Å². The summed E-state index contributed by atoms with van der Waals surface area (Å²) < 4.78 is 33.0. The number of carbonyl (C=O) groups excluding carboxylic acids is 1. The van der Waals surface area contributed by atoms with E-state index in [1.807, 2.05) is 0 Å². The highest BCUT2D eigenvalue weighted by atomic mass is 19.1. The van der Waals surface area contributed by atoms with Crippen LogP contribution in [0.15, 0.2) is 71.5 Å². The van der Waals surface area contributed by atoms with Crippen LogP contribution >= 0.6 is 0 Å². The number of aromatic nitrogens is 3. The van der Waals surface area contributed by atoms with Crippen LogP contribution in [-0.2, 0) is 6.42 Å². The second-order valence-corrected chi connectivity index (χ2v) is 6.13. The number of hydrogen-bond acceptors (Lipinski definition) is 5. The van der Waals surface area contributed by atoms with Gasteiger partial charge in [0.25, 0.3) is 5.91 Å². The Balaban J connectivity index is 1.56. The summed E-state index contributed by atoms with van der Waals surface area (Å²) in [6.45, 7) is 0. The number of anilines is 1. The fraction of sp³-hybridized carbons (Fsp3) is 0.0476. The van der Waals surface area contributed by atoms with Crippen LogP contribution < -0.4 is 5.32 Å². The molecule has 0 aliphatic carbocycles. The second-order valence-electron chi connectivity index (χ2n) is 6.13. The molecule has 0 bridgehead atoms. The number of hydrogen-bond donors (Lipinski definition) is 1. The zero-order chi connectivity index (χ0) is 20.2. The third-order valence-corrected chi connectivity index (χ3v) is 4.20. The minimum atomic E-state index is -0.932. The minimum Gasteiger partial charge on any atom is -0.339 e. The van der Waals surface area contributed by atoms with Crippen molar-refractivity contribution >= 4 is 11.6 Å². The summed E-state index contributed by atoms with van der Waals surface area (Å²) in [5.74, 6) is -2.00. The molecule has 0 saturated carbocycles. The molecule has 0 aliphatic rings. The fourth-order valence-corrected chi connectivity index (χ4v) is 2.80. The number of para-hydroxylation sites is 1. The number of halogens is 2. The summed E-state index contributed by atoms with van der Waals surface area (Å²) in [5, 5.41) is 6.49. The van der Waals surface area contributed by atoms with Crippen LogP contribution in [0, 0.1) is 11.6 Å². The van der Waals surface area contributed by atoms with Crippen LogP contribution in [-0.4, -0.2) is 21.0 Å². The van der Waals surface area contributed by atoms with Gasteiger partial charge in [0.05, 0.1) is 6.42 Å². The van der Waals surface area contributed by atoms with Crippen LogP contribution in [0.2, 0.25) is 0 Å². The van der Waals surface area contributed by atoms with E-state index in [1.165, 1.54) is 6.07 Å². The molecule has 6 nitrogen and oxygen atoms in total. The molecule has 8 heteroatoms. The van der Waals surface area contributed by atoms with E-state index in [-0.39, 0.29) is 6.42 Å². The Kier molecular flexibility index (Phi) is 5.07. The zero-order valence-corrected chi connectivity index (χ0v) is 15.0. The predicted molar refractivity (Wildman–Crippen MR) is 101 cm³/mol. The molecule has 144 valence electrons. The van der Waals surface area contributed by atoms with Crippen molar-refractivity contribution in [2.75, 3.05) is 5.32 Å². The summed E-state index contributed by atoms with van der Waals surface area (Å²) in [5.41, 5.74) is 1.16. The molecule has 0 radical (unpaired) electrons. The highest BCUT2D eigenvalue weighted by Gasteiger charge is 2.19. The molecule has 1 amide bonds. The van der Waals surface area contributed by atoms with Gasteiger partial charge in [-0.3, -0.25) is 9.78 Å². The lowest BCUT2D eigenvalue weighted by atomic mass is 10.1.